The summed E-state index contributed by atoms with van der Waals surface area (Å²) in [5.74, 6) is 0.208. The van der Waals surface area contributed by atoms with Gasteiger partial charge in [0.2, 0.25) is 0 Å². The summed E-state index contributed by atoms with van der Waals surface area (Å²) in [6.45, 7) is 5.07. The van der Waals surface area contributed by atoms with Crippen LogP contribution < -0.4 is 14.4 Å². The molecule has 1 aliphatic heterocycles. The molecule has 31 heavy (non-hydrogen) atoms. The molecule has 1 N–H and O–H groups in total. The largest absolute Gasteiger partial charge is 0.493 e. The van der Waals surface area contributed by atoms with E-state index in [9.17, 15) is 9.59 Å². The number of rotatable bonds is 7. The quantitative estimate of drug-likeness (QED) is 0.500. The first-order valence-corrected chi connectivity index (χ1v) is 10.9. The van der Waals surface area contributed by atoms with Gasteiger partial charge in [-0.25, -0.2) is 0 Å². The van der Waals surface area contributed by atoms with Crippen molar-refractivity contribution in [1.29, 1.82) is 0 Å². The molecule has 1 amide bonds. The van der Waals surface area contributed by atoms with E-state index in [-0.39, 0.29) is 12.3 Å². The molecule has 4 rings (SSSR count). The SMILES string of the molecule is CCOc1c2c(c(OCC)c3cc(Br)ccc13)C(=O)N(c1ccc(CC(=O)O)cc1)C2. The van der Waals surface area contributed by atoms with Crippen LogP contribution >= 0.6 is 15.9 Å². The van der Waals surface area contributed by atoms with Crippen molar-refractivity contribution in [2.24, 2.45) is 0 Å². The second kappa shape index (κ2) is 8.59. The van der Waals surface area contributed by atoms with Crippen LogP contribution in [0.15, 0.2) is 46.9 Å². The number of carbonyl (C=O) groups excluding carboxylic acids is 1. The number of benzene rings is 3. The Morgan fingerprint density at radius 1 is 1.03 bits per heavy atom. The molecule has 6 nitrogen and oxygen atoms in total. The number of hydrogen-bond donors (Lipinski definition) is 1. The van der Waals surface area contributed by atoms with Crippen LogP contribution in [-0.2, 0) is 17.8 Å². The zero-order valence-corrected chi connectivity index (χ0v) is 18.9. The number of ether oxygens (including phenoxy) is 2. The first kappa shape index (κ1) is 21.2. The smallest absolute Gasteiger partial charge is 0.307 e. The Morgan fingerprint density at radius 2 is 1.71 bits per heavy atom. The Hall–Kier alpha value is -3.06. The molecule has 3 aromatic rings. The number of carboxylic acids is 1. The summed E-state index contributed by atoms with van der Waals surface area (Å²) >= 11 is 3.52. The van der Waals surface area contributed by atoms with Crippen molar-refractivity contribution >= 4 is 44.3 Å². The van der Waals surface area contributed by atoms with Crippen LogP contribution in [0.1, 0.15) is 35.3 Å². The molecule has 0 aliphatic carbocycles. The molecule has 1 aliphatic rings. The maximum atomic E-state index is 13.5. The molecule has 0 atom stereocenters. The number of aliphatic carboxylic acids is 1. The van der Waals surface area contributed by atoms with E-state index in [4.69, 9.17) is 14.6 Å². The molecule has 160 valence electrons. The molecule has 0 radical (unpaired) electrons. The Morgan fingerprint density at radius 3 is 2.35 bits per heavy atom. The highest BCUT2D eigenvalue weighted by Gasteiger charge is 2.36. The standard InChI is InChI=1S/C24H22BrNO5/c1-3-30-22-17-10-7-15(25)12-18(17)23(31-4-2)21-19(22)13-26(24(21)29)16-8-5-14(6-9-16)11-20(27)28/h5-10,12H,3-4,11,13H2,1-2H3,(H,27,28). The third-order valence-corrected chi connectivity index (χ3v) is 5.72. The van der Waals surface area contributed by atoms with Gasteiger partial charge in [-0.15, -0.1) is 0 Å². The Kier molecular flexibility index (Phi) is 5.87. The monoisotopic (exact) mass is 483 g/mol. The van der Waals surface area contributed by atoms with Gasteiger partial charge in [-0.2, -0.15) is 0 Å². The maximum Gasteiger partial charge on any atom is 0.307 e. The average Bonchev–Trinajstić information content (AvgIpc) is 3.08. The van der Waals surface area contributed by atoms with Crippen molar-refractivity contribution in [2.45, 2.75) is 26.8 Å². The van der Waals surface area contributed by atoms with Gasteiger partial charge in [-0.05, 0) is 49.7 Å². The lowest BCUT2D eigenvalue weighted by Crippen LogP contribution is -2.23. The van der Waals surface area contributed by atoms with Crippen molar-refractivity contribution < 1.29 is 24.2 Å². The van der Waals surface area contributed by atoms with Crippen molar-refractivity contribution in [2.75, 3.05) is 18.1 Å². The molecule has 7 heteroatoms. The third-order valence-electron chi connectivity index (χ3n) is 5.23. The lowest BCUT2D eigenvalue weighted by molar-refractivity contribution is -0.136. The Bertz CT molecular complexity index is 1170. The number of fused-ring (bicyclic) bond motifs is 2. The van der Waals surface area contributed by atoms with Crippen LogP contribution in [0, 0.1) is 0 Å². The van der Waals surface area contributed by atoms with Crippen molar-refractivity contribution in [1.82, 2.24) is 0 Å². The second-order valence-corrected chi connectivity index (χ2v) is 8.11. The van der Waals surface area contributed by atoms with Gasteiger partial charge in [0.05, 0.1) is 31.7 Å². The predicted octanol–water partition coefficient (Wildman–Crippen LogP) is 5.19. The fourth-order valence-electron chi connectivity index (χ4n) is 3.97. The fourth-order valence-corrected chi connectivity index (χ4v) is 4.33. The predicted molar refractivity (Wildman–Crippen MR) is 122 cm³/mol. The van der Waals surface area contributed by atoms with E-state index >= 15 is 0 Å². The van der Waals surface area contributed by atoms with Crippen molar-refractivity contribution in [3.63, 3.8) is 0 Å². The van der Waals surface area contributed by atoms with E-state index in [0.717, 1.165) is 20.8 Å². The average molecular weight is 484 g/mol. The number of carboxylic acid groups (broad SMARTS) is 1. The van der Waals surface area contributed by atoms with E-state index in [1.165, 1.54) is 0 Å². The van der Waals surface area contributed by atoms with Crippen LogP contribution in [0.4, 0.5) is 5.69 Å². The number of carbonyl (C=O) groups is 2. The lowest BCUT2D eigenvalue weighted by atomic mass is 9.99. The molecule has 0 saturated carbocycles. The molecule has 0 aromatic heterocycles. The number of halogens is 1. The molecule has 0 unspecified atom stereocenters. The Balaban J connectivity index is 1.85. The minimum Gasteiger partial charge on any atom is -0.493 e. The summed E-state index contributed by atoms with van der Waals surface area (Å²) in [4.78, 5) is 26.2. The van der Waals surface area contributed by atoms with Gasteiger partial charge in [0.1, 0.15) is 11.5 Å². The Labute approximate surface area is 188 Å². The lowest BCUT2D eigenvalue weighted by Gasteiger charge is -2.17. The molecule has 0 bridgehead atoms. The fraction of sp³-hybridized carbons (Fsp3) is 0.250. The van der Waals surface area contributed by atoms with Gasteiger partial charge in [-0.1, -0.05) is 28.1 Å². The summed E-state index contributed by atoms with van der Waals surface area (Å²) in [5, 5.41) is 10.7. The summed E-state index contributed by atoms with van der Waals surface area (Å²) < 4.78 is 12.9. The minimum absolute atomic E-state index is 0.0578. The van der Waals surface area contributed by atoms with Crippen LogP contribution in [0.3, 0.4) is 0 Å². The van der Waals surface area contributed by atoms with E-state index in [1.807, 2.05) is 32.0 Å². The number of nitrogens with zero attached hydrogens (tertiary/aromatic N) is 1. The van der Waals surface area contributed by atoms with E-state index < -0.39 is 5.97 Å². The summed E-state index contributed by atoms with van der Waals surface area (Å²) in [7, 11) is 0. The molecular weight excluding hydrogens is 462 g/mol. The summed E-state index contributed by atoms with van der Waals surface area (Å²) in [5.41, 5.74) is 2.71. The van der Waals surface area contributed by atoms with Gasteiger partial charge in [0.25, 0.3) is 5.91 Å². The molecule has 3 aromatic carbocycles. The number of anilines is 1. The topological polar surface area (TPSA) is 76.1 Å². The molecule has 0 fully saturated rings. The highest BCUT2D eigenvalue weighted by Crippen LogP contribution is 2.46. The van der Waals surface area contributed by atoms with Crippen LogP contribution in [0.5, 0.6) is 11.5 Å². The van der Waals surface area contributed by atoms with Crippen molar-refractivity contribution in [3.05, 3.63) is 63.6 Å². The zero-order chi connectivity index (χ0) is 22.1. The molecule has 0 spiro atoms. The summed E-state index contributed by atoms with van der Waals surface area (Å²) in [6.07, 6.45) is -0.0578. The summed E-state index contributed by atoms with van der Waals surface area (Å²) in [6, 6.07) is 12.9. The highest BCUT2D eigenvalue weighted by molar-refractivity contribution is 9.10. The third kappa shape index (κ3) is 3.85. The molecule has 1 heterocycles. The van der Waals surface area contributed by atoms with Crippen LogP contribution in [-0.4, -0.2) is 30.2 Å². The zero-order valence-electron chi connectivity index (χ0n) is 17.3. The van der Waals surface area contributed by atoms with Crippen LogP contribution in [0.25, 0.3) is 10.8 Å². The number of amides is 1. The maximum absolute atomic E-state index is 13.5. The van der Waals surface area contributed by atoms with Crippen molar-refractivity contribution in [3.8, 4) is 11.5 Å². The minimum atomic E-state index is -0.891. The first-order valence-electron chi connectivity index (χ1n) is 10.1. The van der Waals surface area contributed by atoms with E-state index in [2.05, 4.69) is 15.9 Å². The second-order valence-electron chi connectivity index (χ2n) is 7.20. The van der Waals surface area contributed by atoms with Crippen LogP contribution in [0.2, 0.25) is 0 Å². The van der Waals surface area contributed by atoms with Gasteiger partial charge in [0.15, 0.2) is 0 Å². The normalized spacial score (nSPS) is 12.9. The molecular formula is C24H22BrNO5. The first-order chi connectivity index (χ1) is 14.9. The van der Waals surface area contributed by atoms with E-state index in [1.54, 1.807) is 29.2 Å². The highest BCUT2D eigenvalue weighted by atomic mass is 79.9. The molecule has 0 saturated heterocycles. The number of hydrogen-bond acceptors (Lipinski definition) is 4. The van der Waals surface area contributed by atoms with Gasteiger partial charge in [-0.3, -0.25) is 9.59 Å². The van der Waals surface area contributed by atoms with E-state index in [0.29, 0.717) is 48.1 Å². The van der Waals surface area contributed by atoms with Gasteiger partial charge < -0.3 is 19.5 Å². The van der Waals surface area contributed by atoms with Gasteiger partial charge in [0, 0.05) is 26.5 Å². The van der Waals surface area contributed by atoms with Gasteiger partial charge >= 0.3 is 5.97 Å².